The second-order valence-corrected chi connectivity index (χ2v) is 6.43. The van der Waals surface area contributed by atoms with Gasteiger partial charge in [0.15, 0.2) is 0 Å². The van der Waals surface area contributed by atoms with Crippen molar-refractivity contribution in [2.24, 2.45) is 5.92 Å². The maximum Gasteiger partial charge on any atom is 0.306 e. The average molecular weight is 349 g/mol. The van der Waals surface area contributed by atoms with Gasteiger partial charge < -0.3 is 10.0 Å². The Morgan fingerprint density at radius 2 is 2.19 bits per heavy atom. The lowest BCUT2D eigenvalue weighted by Gasteiger charge is -2.37. The molecule has 0 amide bonds. The molecule has 5 heteroatoms. The summed E-state index contributed by atoms with van der Waals surface area (Å²) >= 11 is 3.57. The van der Waals surface area contributed by atoms with Crippen molar-refractivity contribution in [1.29, 1.82) is 0 Å². The number of nitrogens with zero attached hydrogens (tertiary/aromatic N) is 2. The lowest BCUT2D eigenvalue weighted by Crippen LogP contribution is -2.43. The molecular weight excluding hydrogens is 332 g/mol. The summed E-state index contributed by atoms with van der Waals surface area (Å²) in [5.74, 6) is 0.0261. The van der Waals surface area contributed by atoms with E-state index in [9.17, 15) is 9.90 Å². The molecule has 1 N–H and O–H groups in total. The second-order valence-electron chi connectivity index (χ2n) is 5.57. The minimum Gasteiger partial charge on any atom is -0.481 e. The number of piperidine rings is 1. The van der Waals surface area contributed by atoms with E-state index < -0.39 is 5.97 Å². The molecule has 4 nitrogen and oxygen atoms in total. The van der Waals surface area contributed by atoms with Crippen LogP contribution in [0.5, 0.6) is 0 Å². The third-order valence-electron chi connectivity index (χ3n) is 4.23. The average Bonchev–Trinajstić information content (AvgIpc) is 2.47. The van der Waals surface area contributed by atoms with Crippen LogP contribution in [0, 0.1) is 5.92 Å². The van der Waals surface area contributed by atoms with Gasteiger partial charge in [-0.2, -0.15) is 0 Å². The van der Waals surface area contributed by atoms with Crippen molar-refractivity contribution in [2.75, 3.05) is 11.4 Å². The molecule has 1 aliphatic rings. The molecule has 0 aliphatic carbocycles. The molecule has 3 rings (SSSR count). The number of aromatic nitrogens is 1. The van der Waals surface area contributed by atoms with Gasteiger partial charge in [-0.25, -0.2) is 4.98 Å². The van der Waals surface area contributed by atoms with E-state index in [4.69, 9.17) is 0 Å². The van der Waals surface area contributed by atoms with E-state index >= 15 is 0 Å². The number of halogens is 1. The van der Waals surface area contributed by atoms with Crippen LogP contribution in [0.25, 0.3) is 10.8 Å². The quantitative estimate of drug-likeness (QED) is 0.899. The van der Waals surface area contributed by atoms with E-state index in [2.05, 4.69) is 38.8 Å². The van der Waals surface area contributed by atoms with Gasteiger partial charge in [-0.3, -0.25) is 4.79 Å². The molecule has 2 heterocycles. The van der Waals surface area contributed by atoms with Crippen LogP contribution in [0.1, 0.15) is 19.8 Å². The van der Waals surface area contributed by atoms with Crippen LogP contribution in [0.2, 0.25) is 0 Å². The number of hydrogen-bond donors (Lipinski definition) is 1. The SMILES string of the molecule is CC1CC(C(=O)O)CCN1c1nccc2c(Br)cccc12. The second kappa shape index (κ2) is 5.64. The van der Waals surface area contributed by atoms with E-state index in [1.807, 2.05) is 24.4 Å². The number of fused-ring (bicyclic) bond motifs is 1. The first-order valence-electron chi connectivity index (χ1n) is 7.10. The Morgan fingerprint density at radius 1 is 1.38 bits per heavy atom. The van der Waals surface area contributed by atoms with Gasteiger partial charge in [0.1, 0.15) is 5.82 Å². The van der Waals surface area contributed by atoms with Crippen molar-refractivity contribution in [3.63, 3.8) is 0 Å². The minimum atomic E-state index is -0.685. The first-order chi connectivity index (χ1) is 10.1. The third kappa shape index (κ3) is 2.62. The minimum absolute atomic E-state index is 0.178. The van der Waals surface area contributed by atoms with Gasteiger partial charge in [0.05, 0.1) is 5.92 Å². The van der Waals surface area contributed by atoms with Gasteiger partial charge in [-0.05, 0) is 31.9 Å². The molecule has 110 valence electrons. The largest absolute Gasteiger partial charge is 0.481 e. The first-order valence-corrected chi connectivity index (χ1v) is 7.90. The summed E-state index contributed by atoms with van der Waals surface area (Å²) in [6.07, 6.45) is 3.16. The van der Waals surface area contributed by atoms with Crippen molar-refractivity contribution in [1.82, 2.24) is 4.98 Å². The number of aliphatic carboxylic acids is 1. The fourth-order valence-electron chi connectivity index (χ4n) is 3.09. The van der Waals surface area contributed by atoms with Gasteiger partial charge in [0, 0.05) is 34.0 Å². The van der Waals surface area contributed by atoms with Crippen LogP contribution in [0.4, 0.5) is 5.82 Å². The smallest absolute Gasteiger partial charge is 0.306 e. The molecule has 0 bridgehead atoms. The number of carboxylic acids is 1. The van der Waals surface area contributed by atoms with E-state index in [1.54, 1.807) is 0 Å². The van der Waals surface area contributed by atoms with E-state index in [0.29, 0.717) is 12.8 Å². The maximum absolute atomic E-state index is 11.2. The van der Waals surface area contributed by atoms with Gasteiger partial charge in [0.25, 0.3) is 0 Å². The van der Waals surface area contributed by atoms with E-state index in [1.165, 1.54) is 0 Å². The normalized spacial score (nSPS) is 22.5. The van der Waals surface area contributed by atoms with Crippen LogP contribution in [0.15, 0.2) is 34.9 Å². The molecule has 21 heavy (non-hydrogen) atoms. The van der Waals surface area contributed by atoms with Crippen molar-refractivity contribution in [3.8, 4) is 0 Å². The Labute approximate surface area is 131 Å². The molecule has 1 aromatic heterocycles. The zero-order chi connectivity index (χ0) is 15.0. The van der Waals surface area contributed by atoms with Crippen LogP contribution in [-0.2, 0) is 4.79 Å². The highest BCUT2D eigenvalue weighted by atomic mass is 79.9. The van der Waals surface area contributed by atoms with Crippen LogP contribution < -0.4 is 4.90 Å². The Morgan fingerprint density at radius 3 is 2.90 bits per heavy atom. The fraction of sp³-hybridized carbons (Fsp3) is 0.375. The van der Waals surface area contributed by atoms with Gasteiger partial charge >= 0.3 is 5.97 Å². The monoisotopic (exact) mass is 348 g/mol. The lowest BCUT2D eigenvalue weighted by molar-refractivity contribution is -0.142. The molecule has 2 aromatic rings. The molecule has 0 radical (unpaired) electrons. The molecule has 1 saturated heterocycles. The highest BCUT2D eigenvalue weighted by Crippen LogP contribution is 2.34. The highest BCUT2D eigenvalue weighted by molar-refractivity contribution is 9.10. The summed E-state index contributed by atoms with van der Waals surface area (Å²) < 4.78 is 1.05. The number of anilines is 1. The van der Waals surface area contributed by atoms with Gasteiger partial charge in [0.2, 0.25) is 0 Å². The molecule has 1 fully saturated rings. The predicted molar refractivity (Wildman–Crippen MR) is 86.6 cm³/mol. The summed E-state index contributed by atoms with van der Waals surface area (Å²) in [5, 5.41) is 11.4. The maximum atomic E-state index is 11.2. The Bertz CT molecular complexity index is 689. The third-order valence-corrected chi connectivity index (χ3v) is 4.92. The number of hydrogen-bond acceptors (Lipinski definition) is 3. The molecular formula is C16H17BrN2O2. The fourth-order valence-corrected chi connectivity index (χ4v) is 3.59. The Kier molecular flexibility index (Phi) is 3.85. The van der Waals surface area contributed by atoms with Crippen LogP contribution in [0.3, 0.4) is 0 Å². The van der Waals surface area contributed by atoms with Crippen molar-refractivity contribution < 1.29 is 9.90 Å². The van der Waals surface area contributed by atoms with Gasteiger partial charge in [-0.15, -0.1) is 0 Å². The molecule has 0 spiro atoms. The number of rotatable bonds is 2. The zero-order valence-electron chi connectivity index (χ0n) is 11.8. The predicted octanol–water partition coefficient (Wildman–Crippen LogP) is 3.69. The van der Waals surface area contributed by atoms with Crippen LogP contribution in [-0.4, -0.2) is 28.6 Å². The van der Waals surface area contributed by atoms with Crippen molar-refractivity contribution >= 4 is 38.5 Å². The van der Waals surface area contributed by atoms with Crippen LogP contribution >= 0.6 is 15.9 Å². The first kappa shape index (κ1) is 14.3. The molecule has 0 saturated carbocycles. The number of carbonyl (C=O) groups is 1. The molecule has 1 aromatic carbocycles. The van der Waals surface area contributed by atoms with E-state index in [-0.39, 0.29) is 12.0 Å². The summed E-state index contributed by atoms with van der Waals surface area (Å²) in [6.45, 7) is 2.81. The highest BCUT2D eigenvalue weighted by Gasteiger charge is 2.31. The lowest BCUT2D eigenvalue weighted by atomic mass is 9.91. The summed E-state index contributed by atoms with van der Waals surface area (Å²) in [5.41, 5.74) is 0. The molecule has 2 atom stereocenters. The number of pyridine rings is 1. The summed E-state index contributed by atoms with van der Waals surface area (Å²) in [4.78, 5) is 17.9. The summed E-state index contributed by atoms with van der Waals surface area (Å²) in [6, 6.07) is 8.27. The topological polar surface area (TPSA) is 53.4 Å². The Balaban J connectivity index is 1.98. The summed E-state index contributed by atoms with van der Waals surface area (Å²) in [7, 11) is 0. The van der Waals surface area contributed by atoms with Gasteiger partial charge in [-0.1, -0.05) is 28.1 Å². The van der Waals surface area contributed by atoms with Crippen molar-refractivity contribution in [3.05, 3.63) is 34.9 Å². The molecule has 2 unspecified atom stereocenters. The number of carboxylic acid groups (broad SMARTS) is 1. The Hall–Kier alpha value is -1.62. The van der Waals surface area contributed by atoms with E-state index in [0.717, 1.165) is 27.6 Å². The zero-order valence-corrected chi connectivity index (χ0v) is 13.4. The molecule has 1 aliphatic heterocycles. The standard InChI is InChI=1S/C16H17BrN2O2/c1-10-9-11(16(20)21)6-8-19(10)15-13-3-2-4-14(17)12(13)5-7-18-15/h2-5,7,10-11H,6,8-9H2,1H3,(H,20,21). The number of benzene rings is 1. The van der Waals surface area contributed by atoms with Crippen molar-refractivity contribution in [2.45, 2.75) is 25.8 Å².